The summed E-state index contributed by atoms with van der Waals surface area (Å²) in [7, 11) is 0. The first-order valence-electron chi connectivity index (χ1n) is 21.5. The Hall–Kier alpha value is -6.75. The Morgan fingerprint density at radius 2 is 1.63 bits per heavy atom. The molecule has 63 heavy (non-hydrogen) atoms. The minimum absolute atomic E-state index is 0.172. The maximum Gasteiger partial charge on any atom is 0.328 e. The van der Waals surface area contributed by atoms with Gasteiger partial charge in [0.1, 0.15) is 23.6 Å². The number of amides is 4. The number of nitrogens with zero attached hydrogens (tertiary/aromatic N) is 9. The molecule has 17 heteroatoms. The van der Waals surface area contributed by atoms with E-state index in [1.807, 2.05) is 45.2 Å². The highest BCUT2D eigenvalue weighted by atomic mass is 19.1. The number of piperidine rings is 1. The molecule has 4 aromatic heterocycles. The molecule has 16 nitrogen and oxygen atoms in total. The molecule has 9 rings (SSSR count). The molecule has 3 saturated heterocycles. The van der Waals surface area contributed by atoms with Gasteiger partial charge in [-0.25, -0.2) is 24.1 Å². The highest BCUT2D eigenvalue weighted by Crippen LogP contribution is 2.33. The smallest absolute Gasteiger partial charge is 0.328 e. The number of nitrogens with one attached hydrogen (secondary N) is 3. The number of carbonyl (C=O) groups is 3. The summed E-state index contributed by atoms with van der Waals surface area (Å²) in [5.41, 5.74) is 5.39. The zero-order chi connectivity index (χ0) is 43.8. The summed E-state index contributed by atoms with van der Waals surface area (Å²) in [6, 6.07) is 18.0. The van der Waals surface area contributed by atoms with E-state index in [2.05, 4.69) is 74.7 Å². The Morgan fingerprint density at radius 1 is 0.889 bits per heavy atom. The molecule has 0 spiro atoms. The van der Waals surface area contributed by atoms with Crippen molar-refractivity contribution >= 4 is 46.1 Å². The first-order valence-corrected chi connectivity index (χ1v) is 21.5. The number of piperazine rings is 1. The summed E-state index contributed by atoms with van der Waals surface area (Å²) >= 11 is 0. The van der Waals surface area contributed by atoms with Gasteiger partial charge in [0.2, 0.25) is 5.91 Å². The lowest BCUT2D eigenvalue weighted by molar-refractivity contribution is -0.120. The molecule has 0 radical (unpaired) electrons. The van der Waals surface area contributed by atoms with Crippen molar-refractivity contribution < 1.29 is 23.3 Å². The first-order chi connectivity index (χ1) is 30.4. The van der Waals surface area contributed by atoms with Gasteiger partial charge in [-0.15, -0.1) is 0 Å². The molecular weight excluding hydrogens is 804 g/mol. The molecule has 0 unspecified atom stereocenters. The minimum Gasteiger partial charge on any atom is -0.372 e. The number of imide groups is 1. The number of aromatic nitrogens is 6. The lowest BCUT2D eigenvalue weighted by Gasteiger charge is -2.39. The van der Waals surface area contributed by atoms with Crippen molar-refractivity contribution in [1.82, 2.24) is 45.6 Å². The van der Waals surface area contributed by atoms with Crippen LogP contribution in [0.15, 0.2) is 77.7 Å². The zero-order valence-corrected chi connectivity index (χ0v) is 35.9. The number of fused-ring (bicyclic) bond motifs is 1. The van der Waals surface area contributed by atoms with Gasteiger partial charge in [0.05, 0.1) is 11.7 Å². The number of hydrogen-bond acceptors (Lipinski definition) is 12. The van der Waals surface area contributed by atoms with Crippen LogP contribution in [0.2, 0.25) is 0 Å². The number of benzene rings is 2. The normalized spacial score (nSPS) is 17.3. The molecule has 0 bridgehead atoms. The lowest BCUT2D eigenvalue weighted by atomic mass is 9.95. The van der Waals surface area contributed by atoms with Crippen LogP contribution in [0.1, 0.15) is 75.1 Å². The van der Waals surface area contributed by atoms with E-state index in [9.17, 15) is 14.4 Å². The molecular formula is C46H51FN12O4. The van der Waals surface area contributed by atoms with Crippen molar-refractivity contribution in [2.24, 2.45) is 5.92 Å². The Kier molecular flexibility index (Phi) is 11.4. The van der Waals surface area contributed by atoms with E-state index in [-0.39, 0.29) is 23.2 Å². The van der Waals surface area contributed by atoms with Gasteiger partial charge < -0.3 is 24.6 Å². The van der Waals surface area contributed by atoms with Crippen LogP contribution in [-0.4, -0.2) is 105 Å². The average molecular weight is 855 g/mol. The standard InChI is InChI=1S/C46H51FN12O4/c1-28(51-42(61)43-54-44(55-63-43)46(2,3)4)34-11-5-30(23-36(34)47)40-35-24-37(52-41(35)50-27-49-40)31-6-12-38(48-25-31)58-21-19-56(20-22-58)26-29-13-16-57(17-14-29)32-7-9-33(10-8-32)59-18-15-39(60)53-45(59)62/h5-12,23-25,27-29H,13-22,26H2,1-4H3,(H,51,61)(H,49,50,52)(H,53,60,62)/t28-/m1/s1. The lowest BCUT2D eigenvalue weighted by Crippen LogP contribution is -2.49. The van der Waals surface area contributed by atoms with E-state index in [0.29, 0.717) is 47.2 Å². The summed E-state index contributed by atoms with van der Waals surface area (Å²) in [5.74, 6) is 0.534. The Bertz CT molecular complexity index is 2620. The average Bonchev–Trinajstić information content (AvgIpc) is 3.97. The highest BCUT2D eigenvalue weighted by Gasteiger charge is 2.28. The summed E-state index contributed by atoms with van der Waals surface area (Å²) < 4.78 is 20.8. The van der Waals surface area contributed by atoms with Crippen LogP contribution in [0.5, 0.6) is 0 Å². The predicted molar refractivity (Wildman–Crippen MR) is 237 cm³/mol. The monoisotopic (exact) mass is 854 g/mol. The largest absolute Gasteiger partial charge is 0.372 e. The van der Waals surface area contributed by atoms with Crippen LogP contribution in [0.25, 0.3) is 33.5 Å². The summed E-state index contributed by atoms with van der Waals surface area (Å²) in [4.78, 5) is 67.0. The molecule has 326 valence electrons. The van der Waals surface area contributed by atoms with Crippen LogP contribution in [0.3, 0.4) is 0 Å². The number of anilines is 3. The third kappa shape index (κ3) is 8.96. The van der Waals surface area contributed by atoms with E-state index in [0.717, 1.165) is 92.5 Å². The van der Waals surface area contributed by atoms with Gasteiger partial charge in [-0.05, 0) is 74.2 Å². The number of hydrogen-bond donors (Lipinski definition) is 3. The third-order valence-electron chi connectivity index (χ3n) is 12.3. The van der Waals surface area contributed by atoms with Crippen LogP contribution in [-0.2, 0) is 10.2 Å². The number of carbonyl (C=O) groups excluding carboxylic acids is 3. The molecule has 2 aromatic carbocycles. The molecule has 3 fully saturated rings. The predicted octanol–water partition coefficient (Wildman–Crippen LogP) is 6.48. The van der Waals surface area contributed by atoms with Crippen molar-refractivity contribution in [2.75, 3.05) is 67.1 Å². The SMILES string of the molecule is C[C@@H](NC(=O)c1nc(C(C)(C)C)no1)c1ccc(-c2ncnc3[nH]c(-c4ccc(N5CCN(CC6CCN(c7ccc(N8CCC(=O)NC8=O)cc7)CC6)CC5)nc4)cc23)cc1F. The van der Waals surface area contributed by atoms with E-state index in [1.165, 1.54) is 12.4 Å². The van der Waals surface area contributed by atoms with Crippen molar-refractivity contribution in [1.29, 1.82) is 0 Å². The molecule has 0 aliphatic carbocycles. The van der Waals surface area contributed by atoms with Gasteiger partial charge in [-0.1, -0.05) is 38.1 Å². The number of rotatable bonds is 10. The molecule has 1 atom stereocenters. The summed E-state index contributed by atoms with van der Waals surface area (Å²) in [6.45, 7) is 14.7. The molecule has 6 aromatic rings. The van der Waals surface area contributed by atoms with Gasteiger partial charge in [-0.2, -0.15) is 4.98 Å². The number of aromatic amines is 1. The third-order valence-corrected chi connectivity index (χ3v) is 12.3. The van der Waals surface area contributed by atoms with Crippen LogP contribution in [0.4, 0.5) is 26.4 Å². The summed E-state index contributed by atoms with van der Waals surface area (Å²) in [5, 5.41) is 9.79. The quantitative estimate of drug-likeness (QED) is 0.137. The second-order valence-electron chi connectivity index (χ2n) is 17.7. The molecule has 3 aliphatic heterocycles. The Labute approximate surface area is 364 Å². The van der Waals surface area contributed by atoms with Gasteiger partial charge in [0, 0.05) is 110 Å². The fourth-order valence-electron chi connectivity index (χ4n) is 8.59. The van der Waals surface area contributed by atoms with Crippen molar-refractivity contribution in [3.63, 3.8) is 0 Å². The maximum absolute atomic E-state index is 15.6. The second-order valence-corrected chi connectivity index (χ2v) is 17.7. The maximum atomic E-state index is 15.6. The van der Waals surface area contributed by atoms with Crippen molar-refractivity contribution in [2.45, 2.75) is 58.4 Å². The number of pyridine rings is 1. The van der Waals surface area contributed by atoms with Crippen LogP contribution >= 0.6 is 0 Å². The molecule has 4 amide bonds. The van der Waals surface area contributed by atoms with Gasteiger partial charge in [-0.3, -0.25) is 24.7 Å². The molecule has 0 saturated carbocycles. The number of urea groups is 1. The topological polar surface area (TPSA) is 182 Å². The van der Waals surface area contributed by atoms with E-state index < -0.39 is 17.8 Å². The minimum atomic E-state index is -0.665. The van der Waals surface area contributed by atoms with Crippen molar-refractivity contribution in [3.05, 3.63) is 96.3 Å². The van der Waals surface area contributed by atoms with Crippen molar-refractivity contribution in [3.8, 4) is 22.5 Å². The summed E-state index contributed by atoms with van der Waals surface area (Å²) in [6.07, 6.45) is 5.91. The van der Waals surface area contributed by atoms with Gasteiger partial charge >= 0.3 is 17.8 Å². The van der Waals surface area contributed by atoms with Gasteiger partial charge in [0.15, 0.2) is 5.82 Å². The Balaban J connectivity index is 0.768. The first kappa shape index (κ1) is 41.6. The number of halogens is 1. The van der Waals surface area contributed by atoms with E-state index in [4.69, 9.17) is 9.51 Å². The fourth-order valence-corrected chi connectivity index (χ4v) is 8.59. The van der Waals surface area contributed by atoms with Crippen LogP contribution < -0.4 is 25.3 Å². The fraction of sp³-hybridized carbons (Fsp3) is 0.391. The second kappa shape index (κ2) is 17.2. The molecule has 3 aliphatic rings. The van der Waals surface area contributed by atoms with Crippen LogP contribution in [0, 0.1) is 11.7 Å². The Morgan fingerprint density at radius 3 is 2.32 bits per heavy atom. The molecule has 3 N–H and O–H groups in total. The number of H-pyrrole nitrogens is 1. The van der Waals surface area contributed by atoms with E-state index in [1.54, 1.807) is 24.0 Å². The highest BCUT2D eigenvalue weighted by molar-refractivity contribution is 6.05. The van der Waals surface area contributed by atoms with Gasteiger partial charge in [0.25, 0.3) is 0 Å². The van der Waals surface area contributed by atoms with E-state index >= 15 is 4.39 Å². The molecule has 7 heterocycles. The zero-order valence-electron chi connectivity index (χ0n) is 35.9.